The molecule has 0 saturated carbocycles. The number of benzene rings is 2. The minimum atomic E-state index is 0.225. The van der Waals surface area contributed by atoms with Crippen LogP contribution in [0.2, 0.25) is 0 Å². The first-order valence-corrected chi connectivity index (χ1v) is 5.78. The molecule has 2 aromatic rings. The molecule has 0 N–H and O–H groups in total. The summed E-state index contributed by atoms with van der Waals surface area (Å²) in [6.07, 6.45) is 0.977. The Labute approximate surface area is 101 Å². The van der Waals surface area contributed by atoms with Gasteiger partial charge in [-0.2, -0.15) is 0 Å². The summed E-state index contributed by atoms with van der Waals surface area (Å²) in [5.74, 6) is 0.225. The van der Waals surface area contributed by atoms with Gasteiger partial charge in [0.1, 0.15) is 5.78 Å². The highest BCUT2D eigenvalue weighted by molar-refractivity contribution is 5.90. The van der Waals surface area contributed by atoms with Crippen molar-refractivity contribution in [1.82, 2.24) is 0 Å². The molecule has 88 valence electrons. The van der Waals surface area contributed by atoms with Gasteiger partial charge in [0.05, 0.1) is 6.61 Å². The van der Waals surface area contributed by atoms with Crippen LogP contribution in [0.3, 0.4) is 0 Å². The summed E-state index contributed by atoms with van der Waals surface area (Å²) in [7, 11) is 1.62. The quantitative estimate of drug-likeness (QED) is 0.786. The van der Waals surface area contributed by atoms with E-state index in [1.54, 1.807) is 7.11 Å². The number of hydrogen-bond acceptors (Lipinski definition) is 2. The second kappa shape index (κ2) is 5.60. The van der Waals surface area contributed by atoms with Gasteiger partial charge < -0.3 is 4.74 Å². The van der Waals surface area contributed by atoms with Gasteiger partial charge in [-0.25, -0.2) is 0 Å². The van der Waals surface area contributed by atoms with Crippen molar-refractivity contribution in [2.24, 2.45) is 0 Å². The van der Waals surface area contributed by atoms with Crippen molar-refractivity contribution in [3.05, 3.63) is 48.0 Å². The summed E-state index contributed by atoms with van der Waals surface area (Å²) in [6.45, 7) is 0.504. The van der Waals surface area contributed by atoms with Crippen LogP contribution in [-0.4, -0.2) is 19.5 Å². The van der Waals surface area contributed by atoms with Gasteiger partial charge in [-0.3, -0.25) is 4.79 Å². The largest absolute Gasteiger partial charge is 0.384 e. The highest BCUT2D eigenvalue weighted by Crippen LogP contribution is 2.19. The Balaban J connectivity index is 2.21. The number of ether oxygens (including phenoxy) is 1. The summed E-state index contributed by atoms with van der Waals surface area (Å²) in [6, 6.07) is 14.2. The smallest absolute Gasteiger partial charge is 0.139 e. The standard InChI is InChI=1S/C15H16O2/c1-17-10-9-14(16)11-13-7-4-6-12-5-2-3-8-15(12)13/h2-8H,9-11H2,1H3. The molecule has 0 aliphatic heterocycles. The highest BCUT2D eigenvalue weighted by atomic mass is 16.5. The maximum Gasteiger partial charge on any atom is 0.139 e. The third-order valence-corrected chi connectivity index (χ3v) is 2.85. The Morgan fingerprint density at radius 1 is 1.12 bits per heavy atom. The summed E-state index contributed by atoms with van der Waals surface area (Å²) in [5.41, 5.74) is 1.10. The average Bonchev–Trinajstić information content (AvgIpc) is 2.37. The number of fused-ring (bicyclic) bond motifs is 1. The molecule has 0 amide bonds. The summed E-state index contributed by atoms with van der Waals surface area (Å²) < 4.78 is 4.92. The minimum absolute atomic E-state index is 0.225. The SMILES string of the molecule is COCCC(=O)Cc1cccc2ccccc12. The van der Waals surface area contributed by atoms with Crippen LogP contribution in [0.25, 0.3) is 10.8 Å². The Kier molecular flexibility index (Phi) is 3.89. The van der Waals surface area contributed by atoms with Gasteiger partial charge in [-0.15, -0.1) is 0 Å². The monoisotopic (exact) mass is 228 g/mol. The van der Waals surface area contributed by atoms with Gasteiger partial charge in [0.15, 0.2) is 0 Å². The zero-order valence-electron chi connectivity index (χ0n) is 9.98. The van der Waals surface area contributed by atoms with Gasteiger partial charge >= 0.3 is 0 Å². The molecule has 0 saturated heterocycles. The number of hydrogen-bond donors (Lipinski definition) is 0. The molecule has 0 aromatic heterocycles. The van der Waals surface area contributed by atoms with E-state index in [9.17, 15) is 4.79 Å². The first kappa shape index (κ1) is 11.8. The molecule has 2 heteroatoms. The van der Waals surface area contributed by atoms with Crippen LogP contribution in [0.15, 0.2) is 42.5 Å². The molecular weight excluding hydrogens is 212 g/mol. The van der Waals surface area contributed by atoms with Crippen LogP contribution < -0.4 is 0 Å². The minimum Gasteiger partial charge on any atom is -0.384 e. The van der Waals surface area contributed by atoms with Crippen LogP contribution in [-0.2, 0) is 16.0 Å². The fourth-order valence-electron chi connectivity index (χ4n) is 1.96. The molecule has 0 aliphatic carbocycles. The molecule has 2 nitrogen and oxygen atoms in total. The summed E-state index contributed by atoms with van der Waals surface area (Å²) in [4.78, 5) is 11.7. The van der Waals surface area contributed by atoms with E-state index in [-0.39, 0.29) is 5.78 Å². The normalized spacial score (nSPS) is 10.6. The maximum absolute atomic E-state index is 11.7. The predicted molar refractivity (Wildman–Crippen MR) is 69.2 cm³/mol. The van der Waals surface area contributed by atoms with Crippen LogP contribution in [0, 0.1) is 0 Å². The fraction of sp³-hybridized carbons (Fsp3) is 0.267. The molecule has 0 atom stereocenters. The van der Waals surface area contributed by atoms with Gasteiger partial charge in [0, 0.05) is 20.0 Å². The Morgan fingerprint density at radius 2 is 1.88 bits per heavy atom. The van der Waals surface area contributed by atoms with Gasteiger partial charge in [-0.1, -0.05) is 42.5 Å². The van der Waals surface area contributed by atoms with Crippen LogP contribution in [0.4, 0.5) is 0 Å². The average molecular weight is 228 g/mol. The number of ketones is 1. The topological polar surface area (TPSA) is 26.3 Å². The number of Topliss-reactive ketones (excluding diaryl/α,β-unsaturated/α-hetero) is 1. The zero-order valence-corrected chi connectivity index (χ0v) is 9.98. The lowest BCUT2D eigenvalue weighted by Gasteiger charge is -2.05. The second-order valence-corrected chi connectivity index (χ2v) is 4.10. The van der Waals surface area contributed by atoms with Crippen LogP contribution in [0.1, 0.15) is 12.0 Å². The van der Waals surface area contributed by atoms with Crippen molar-refractivity contribution in [3.63, 3.8) is 0 Å². The molecule has 0 aliphatic rings. The fourth-order valence-corrected chi connectivity index (χ4v) is 1.96. The molecule has 17 heavy (non-hydrogen) atoms. The van der Waals surface area contributed by atoms with E-state index in [1.165, 1.54) is 10.8 Å². The molecule has 0 fully saturated rings. The van der Waals surface area contributed by atoms with Crippen molar-refractivity contribution in [1.29, 1.82) is 0 Å². The molecular formula is C15H16O2. The van der Waals surface area contributed by atoms with E-state index in [0.29, 0.717) is 19.4 Å². The van der Waals surface area contributed by atoms with Crippen molar-refractivity contribution in [3.8, 4) is 0 Å². The van der Waals surface area contributed by atoms with Crippen LogP contribution >= 0.6 is 0 Å². The number of carbonyl (C=O) groups excluding carboxylic acids is 1. The summed E-state index contributed by atoms with van der Waals surface area (Å²) >= 11 is 0. The van der Waals surface area contributed by atoms with E-state index in [4.69, 9.17) is 4.74 Å². The Morgan fingerprint density at radius 3 is 2.71 bits per heavy atom. The van der Waals surface area contributed by atoms with Gasteiger partial charge in [0.2, 0.25) is 0 Å². The molecule has 0 bridgehead atoms. The predicted octanol–water partition coefficient (Wildman–Crippen LogP) is 2.99. The lowest BCUT2D eigenvalue weighted by Crippen LogP contribution is -2.06. The number of rotatable bonds is 5. The third kappa shape index (κ3) is 2.92. The molecule has 0 unspecified atom stereocenters. The Hall–Kier alpha value is -1.67. The maximum atomic E-state index is 11.7. The van der Waals surface area contributed by atoms with Gasteiger partial charge in [-0.05, 0) is 16.3 Å². The number of methoxy groups -OCH3 is 1. The molecule has 0 spiro atoms. The van der Waals surface area contributed by atoms with Crippen molar-refractivity contribution >= 4 is 16.6 Å². The van der Waals surface area contributed by atoms with Gasteiger partial charge in [0.25, 0.3) is 0 Å². The Bertz CT molecular complexity index is 512. The third-order valence-electron chi connectivity index (χ3n) is 2.85. The summed E-state index contributed by atoms with van der Waals surface area (Å²) in [5, 5.41) is 2.35. The van der Waals surface area contributed by atoms with E-state index < -0.39 is 0 Å². The first-order chi connectivity index (χ1) is 8.31. The molecule has 0 heterocycles. The van der Waals surface area contributed by atoms with Crippen molar-refractivity contribution in [2.75, 3.05) is 13.7 Å². The lowest BCUT2D eigenvalue weighted by atomic mass is 10.00. The van der Waals surface area contributed by atoms with E-state index >= 15 is 0 Å². The zero-order chi connectivity index (χ0) is 12.1. The molecule has 0 radical (unpaired) electrons. The van der Waals surface area contributed by atoms with E-state index in [2.05, 4.69) is 18.2 Å². The van der Waals surface area contributed by atoms with E-state index in [0.717, 1.165) is 5.56 Å². The molecule has 2 rings (SSSR count). The molecule has 2 aromatic carbocycles. The highest BCUT2D eigenvalue weighted by Gasteiger charge is 2.06. The second-order valence-electron chi connectivity index (χ2n) is 4.10. The van der Waals surface area contributed by atoms with Crippen LogP contribution in [0.5, 0.6) is 0 Å². The number of carbonyl (C=O) groups is 1. The van der Waals surface area contributed by atoms with E-state index in [1.807, 2.05) is 24.3 Å². The van der Waals surface area contributed by atoms with Crippen molar-refractivity contribution < 1.29 is 9.53 Å². The lowest BCUT2D eigenvalue weighted by molar-refractivity contribution is -0.119. The first-order valence-electron chi connectivity index (χ1n) is 5.78. The van der Waals surface area contributed by atoms with Crippen molar-refractivity contribution in [2.45, 2.75) is 12.8 Å².